The molecule has 1 aliphatic carbocycles. The Morgan fingerprint density at radius 3 is 2.41 bits per heavy atom. The highest BCUT2D eigenvalue weighted by molar-refractivity contribution is 5.98. The minimum Gasteiger partial charge on any atom is -0.465 e. The quantitative estimate of drug-likeness (QED) is 0.428. The Morgan fingerprint density at radius 2 is 1.71 bits per heavy atom. The van der Waals surface area contributed by atoms with E-state index >= 15 is 0 Å². The van der Waals surface area contributed by atoms with E-state index in [2.05, 4.69) is 10.3 Å². The molecule has 41 heavy (non-hydrogen) atoms. The number of alkyl carbamates (subject to hydrolysis) is 1. The van der Waals surface area contributed by atoms with E-state index in [1.807, 2.05) is 65.2 Å². The third-order valence-corrected chi connectivity index (χ3v) is 8.04. The number of carbonyl (C=O) groups excluding carboxylic acids is 2. The van der Waals surface area contributed by atoms with Gasteiger partial charge in [-0.25, -0.2) is 14.6 Å². The molecule has 1 aliphatic heterocycles. The molecule has 0 radical (unpaired) electrons. The number of hydrogen-bond donors (Lipinski definition) is 2. The van der Waals surface area contributed by atoms with Crippen LogP contribution in [-0.4, -0.2) is 80.9 Å². The van der Waals surface area contributed by atoms with Crippen molar-refractivity contribution in [2.24, 2.45) is 0 Å². The maximum Gasteiger partial charge on any atom is 0.407 e. The van der Waals surface area contributed by atoms with Gasteiger partial charge < -0.3 is 29.5 Å². The Labute approximate surface area is 239 Å². The van der Waals surface area contributed by atoms with Gasteiger partial charge in [0.1, 0.15) is 0 Å². The van der Waals surface area contributed by atoms with Crippen LogP contribution in [0.25, 0.3) is 11.3 Å². The fraction of sp³-hybridized carbons (Fsp3) is 0.419. The van der Waals surface area contributed by atoms with Crippen LogP contribution in [0.1, 0.15) is 54.7 Å². The number of piperazine rings is 1. The predicted octanol–water partition coefficient (Wildman–Crippen LogP) is 4.83. The van der Waals surface area contributed by atoms with Gasteiger partial charge in [0.25, 0.3) is 5.91 Å². The average Bonchev–Trinajstić information content (AvgIpc) is 3.43. The number of carbonyl (C=O) groups is 3. The Bertz CT molecular complexity index is 1350. The summed E-state index contributed by atoms with van der Waals surface area (Å²) in [6.45, 7) is 2.82. The molecule has 2 aromatic carbocycles. The maximum atomic E-state index is 14.3. The number of nitrogens with zero attached hydrogens (tertiary/aromatic N) is 4. The van der Waals surface area contributed by atoms with E-state index in [4.69, 9.17) is 4.74 Å². The summed E-state index contributed by atoms with van der Waals surface area (Å²) in [6.07, 6.45) is 4.44. The second-order valence-electron chi connectivity index (χ2n) is 10.6. The first-order valence-corrected chi connectivity index (χ1v) is 14.3. The summed E-state index contributed by atoms with van der Waals surface area (Å²) in [6, 6.07) is 18.9. The zero-order chi connectivity index (χ0) is 28.8. The Morgan fingerprint density at radius 1 is 1.00 bits per heavy atom. The summed E-state index contributed by atoms with van der Waals surface area (Å²) < 4.78 is 7.21. The van der Waals surface area contributed by atoms with E-state index in [1.54, 1.807) is 18.2 Å². The van der Waals surface area contributed by atoms with E-state index in [-0.39, 0.29) is 43.7 Å². The van der Waals surface area contributed by atoms with Crippen molar-refractivity contribution in [3.05, 3.63) is 78.2 Å². The molecule has 10 heteroatoms. The van der Waals surface area contributed by atoms with Gasteiger partial charge in [-0.2, -0.15) is 0 Å². The van der Waals surface area contributed by atoms with Crippen LogP contribution in [0.3, 0.4) is 0 Å². The lowest BCUT2D eigenvalue weighted by molar-refractivity contribution is 0.0447. The molecule has 0 unspecified atom stereocenters. The average molecular weight is 560 g/mol. The lowest BCUT2D eigenvalue weighted by atomic mass is 9.89. The van der Waals surface area contributed by atoms with Gasteiger partial charge in [0.05, 0.1) is 36.8 Å². The third-order valence-electron chi connectivity index (χ3n) is 8.04. The van der Waals surface area contributed by atoms with Gasteiger partial charge in [0.2, 0.25) is 0 Å². The Kier molecular flexibility index (Phi) is 8.86. The number of benzene rings is 2. The fourth-order valence-corrected chi connectivity index (χ4v) is 6.08. The first kappa shape index (κ1) is 28.2. The van der Waals surface area contributed by atoms with Crippen molar-refractivity contribution in [2.75, 3.05) is 26.2 Å². The van der Waals surface area contributed by atoms with Crippen LogP contribution in [0.15, 0.2) is 67.0 Å². The highest BCUT2D eigenvalue weighted by atomic mass is 16.5. The molecule has 2 heterocycles. The van der Waals surface area contributed by atoms with Gasteiger partial charge in [-0.05, 0) is 31.7 Å². The second-order valence-corrected chi connectivity index (χ2v) is 10.6. The van der Waals surface area contributed by atoms with Crippen LogP contribution in [0, 0.1) is 0 Å². The number of aromatic nitrogens is 2. The van der Waals surface area contributed by atoms with Crippen LogP contribution in [0.5, 0.6) is 0 Å². The van der Waals surface area contributed by atoms with Crippen molar-refractivity contribution in [1.29, 1.82) is 0 Å². The summed E-state index contributed by atoms with van der Waals surface area (Å²) in [5.74, 6) is -0.223. The maximum absolute atomic E-state index is 14.3. The van der Waals surface area contributed by atoms with Crippen LogP contribution in [0.4, 0.5) is 9.59 Å². The van der Waals surface area contributed by atoms with Crippen molar-refractivity contribution in [3.63, 3.8) is 0 Å². The number of hydrogen-bond acceptors (Lipinski definition) is 5. The summed E-state index contributed by atoms with van der Waals surface area (Å²) in [5, 5.41) is 12.7. The first-order chi connectivity index (χ1) is 20.0. The molecule has 5 rings (SSSR count). The Hall–Kier alpha value is -4.34. The molecular weight excluding hydrogens is 522 g/mol. The van der Waals surface area contributed by atoms with Crippen molar-refractivity contribution >= 4 is 18.1 Å². The molecule has 10 nitrogen and oxygen atoms in total. The zero-order valence-corrected chi connectivity index (χ0v) is 23.3. The molecule has 0 bridgehead atoms. The normalized spacial score (nSPS) is 20.9. The SMILES string of the molecule is CCOC(=O)N[C@H]1CCCC[C@@H]1n1cnc(C(=O)N2CCN(C(=O)O)C[C@H]2Cc2ccccc2)c1-c1ccccc1. The van der Waals surface area contributed by atoms with Crippen LogP contribution in [0.2, 0.25) is 0 Å². The van der Waals surface area contributed by atoms with Crippen LogP contribution >= 0.6 is 0 Å². The van der Waals surface area contributed by atoms with E-state index in [0.29, 0.717) is 24.4 Å². The zero-order valence-electron chi connectivity index (χ0n) is 23.3. The monoisotopic (exact) mass is 559 g/mol. The fourth-order valence-electron chi connectivity index (χ4n) is 6.08. The van der Waals surface area contributed by atoms with Crippen LogP contribution < -0.4 is 5.32 Å². The van der Waals surface area contributed by atoms with E-state index in [9.17, 15) is 19.5 Å². The second kappa shape index (κ2) is 12.9. The molecule has 3 aromatic rings. The molecule has 2 N–H and O–H groups in total. The summed E-state index contributed by atoms with van der Waals surface area (Å²) in [5.41, 5.74) is 2.93. The topological polar surface area (TPSA) is 117 Å². The van der Waals surface area contributed by atoms with E-state index < -0.39 is 12.2 Å². The minimum atomic E-state index is -0.984. The number of rotatable bonds is 7. The molecule has 2 aliphatic rings. The molecule has 0 spiro atoms. The van der Waals surface area contributed by atoms with Gasteiger partial charge in [0, 0.05) is 25.2 Å². The van der Waals surface area contributed by atoms with Crippen molar-refractivity contribution in [3.8, 4) is 11.3 Å². The molecule has 1 saturated carbocycles. The van der Waals surface area contributed by atoms with Gasteiger partial charge in [-0.15, -0.1) is 0 Å². The molecule has 3 amide bonds. The van der Waals surface area contributed by atoms with Crippen LogP contribution in [-0.2, 0) is 11.2 Å². The van der Waals surface area contributed by atoms with Crippen molar-refractivity contribution < 1.29 is 24.2 Å². The lowest BCUT2D eigenvalue weighted by Crippen LogP contribution is -2.57. The summed E-state index contributed by atoms with van der Waals surface area (Å²) in [7, 11) is 0. The smallest absolute Gasteiger partial charge is 0.407 e. The highest BCUT2D eigenvalue weighted by Crippen LogP contribution is 2.35. The van der Waals surface area contributed by atoms with E-state index in [0.717, 1.165) is 36.8 Å². The number of carboxylic acid groups (broad SMARTS) is 1. The standard InChI is InChI=1S/C31H37N5O5/c1-2-41-30(38)33-25-15-9-10-16-26(25)36-21-32-27(28(36)23-13-7-4-8-14-23)29(37)35-18-17-34(31(39)40)20-24(35)19-22-11-5-3-6-12-22/h3-8,11-14,21,24-26H,2,9-10,15-20H2,1H3,(H,33,38)(H,39,40)/t24-,25+,26+/m1/s1. The molecule has 216 valence electrons. The van der Waals surface area contributed by atoms with Crippen molar-refractivity contribution in [1.82, 2.24) is 24.7 Å². The molecule has 1 aromatic heterocycles. The lowest BCUT2D eigenvalue weighted by Gasteiger charge is -2.40. The number of amides is 3. The Balaban J connectivity index is 1.50. The third kappa shape index (κ3) is 6.37. The molecule has 2 fully saturated rings. The van der Waals surface area contributed by atoms with E-state index in [1.165, 1.54) is 4.90 Å². The number of imidazole rings is 1. The molecular formula is C31H37N5O5. The highest BCUT2D eigenvalue weighted by Gasteiger charge is 2.37. The van der Waals surface area contributed by atoms with Gasteiger partial charge in [0.15, 0.2) is 5.69 Å². The number of ether oxygens (including phenoxy) is 1. The van der Waals surface area contributed by atoms with Gasteiger partial charge >= 0.3 is 12.2 Å². The summed E-state index contributed by atoms with van der Waals surface area (Å²) in [4.78, 5) is 46.3. The minimum absolute atomic E-state index is 0.0959. The predicted molar refractivity (Wildman–Crippen MR) is 154 cm³/mol. The largest absolute Gasteiger partial charge is 0.465 e. The number of nitrogens with one attached hydrogen (secondary N) is 1. The van der Waals surface area contributed by atoms with Crippen molar-refractivity contribution in [2.45, 2.75) is 57.2 Å². The van der Waals surface area contributed by atoms with Gasteiger partial charge in [-0.3, -0.25) is 4.79 Å². The first-order valence-electron chi connectivity index (χ1n) is 14.3. The van der Waals surface area contributed by atoms with Gasteiger partial charge in [-0.1, -0.05) is 73.5 Å². The summed E-state index contributed by atoms with van der Waals surface area (Å²) >= 11 is 0. The molecule has 3 atom stereocenters. The molecule has 1 saturated heterocycles.